The van der Waals surface area contributed by atoms with Crippen molar-refractivity contribution in [2.45, 2.75) is 336 Å². The molecule has 386 valence electrons. The number of unbranched alkanes of at least 4 members (excludes halogenated alkanes) is 38. The minimum absolute atomic E-state index is 0.0628. The van der Waals surface area contributed by atoms with Crippen molar-refractivity contribution < 1.29 is 28.6 Å². The molecule has 0 saturated carbocycles. The average molecular weight is 920 g/mol. The van der Waals surface area contributed by atoms with E-state index >= 15 is 0 Å². The minimum atomic E-state index is -0.763. The molecule has 0 rings (SSSR count). The van der Waals surface area contributed by atoms with Crippen LogP contribution in [0.4, 0.5) is 0 Å². The summed E-state index contributed by atoms with van der Waals surface area (Å²) in [5, 5.41) is 0. The van der Waals surface area contributed by atoms with E-state index in [4.69, 9.17) is 14.2 Å². The molecule has 0 fully saturated rings. The first-order chi connectivity index (χ1) is 31.7. The molecule has 0 amide bonds. The van der Waals surface area contributed by atoms with Crippen LogP contribution < -0.4 is 0 Å². The van der Waals surface area contributed by atoms with Crippen LogP contribution in [0.2, 0.25) is 0 Å². The van der Waals surface area contributed by atoms with Gasteiger partial charge < -0.3 is 14.2 Å². The van der Waals surface area contributed by atoms with Crippen LogP contribution in [0.3, 0.4) is 0 Å². The number of hydrogen-bond acceptors (Lipinski definition) is 6. The molecule has 65 heavy (non-hydrogen) atoms. The second-order valence-corrected chi connectivity index (χ2v) is 21.2. The standard InChI is InChI=1S/C59H114O6/c1-6-7-8-9-10-11-12-13-16-20-23-29-34-39-44-49-57(60)63-52-56(65-59(62)51-46-41-36-31-26-25-28-33-38-43-48-55(4)5)53-64-58(61)50-45-40-35-30-24-21-18-15-14-17-19-22-27-32-37-42-47-54(2)3/h54-56H,6-53H2,1-5H3/t56-/m1/s1. The number of carbonyl (C=O) groups is 3. The predicted molar refractivity (Wildman–Crippen MR) is 280 cm³/mol. The summed E-state index contributed by atoms with van der Waals surface area (Å²) in [5.74, 6) is 0.830. The first-order valence-corrected chi connectivity index (χ1v) is 29.2. The maximum absolute atomic E-state index is 12.8. The van der Waals surface area contributed by atoms with Crippen molar-refractivity contribution in [1.29, 1.82) is 0 Å². The van der Waals surface area contributed by atoms with Crippen LogP contribution in [-0.2, 0) is 28.6 Å². The highest BCUT2D eigenvalue weighted by Crippen LogP contribution is 2.18. The Bertz CT molecular complexity index is 993. The van der Waals surface area contributed by atoms with E-state index in [0.717, 1.165) is 69.6 Å². The molecule has 0 aliphatic heterocycles. The van der Waals surface area contributed by atoms with Gasteiger partial charge in [0.15, 0.2) is 6.10 Å². The largest absolute Gasteiger partial charge is 0.462 e. The van der Waals surface area contributed by atoms with E-state index < -0.39 is 6.10 Å². The topological polar surface area (TPSA) is 78.9 Å². The second-order valence-electron chi connectivity index (χ2n) is 21.2. The first kappa shape index (κ1) is 63.4. The monoisotopic (exact) mass is 919 g/mol. The molecule has 6 nitrogen and oxygen atoms in total. The van der Waals surface area contributed by atoms with E-state index in [0.29, 0.717) is 19.3 Å². The summed E-state index contributed by atoms with van der Waals surface area (Å²) in [6.45, 7) is 11.4. The summed E-state index contributed by atoms with van der Waals surface area (Å²) in [6, 6.07) is 0. The zero-order valence-electron chi connectivity index (χ0n) is 44.6. The Morgan fingerprint density at radius 3 is 0.754 bits per heavy atom. The van der Waals surface area contributed by atoms with Gasteiger partial charge in [-0.15, -0.1) is 0 Å². The lowest BCUT2D eigenvalue weighted by Gasteiger charge is -2.18. The lowest BCUT2D eigenvalue weighted by Crippen LogP contribution is -2.30. The number of hydrogen-bond donors (Lipinski definition) is 0. The van der Waals surface area contributed by atoms with Gasteiger partial charge in [0.1, 0.15) is 13.2 Å². The Labute approximate surface area is 406 Å². The third kappa shape index (κ3) is 53.2. The van der Waals surface area contributed by atoms with Crippen LogP contribution in [0.1, 0.15) is 330 Å². The zero-order chi connectivity index (χ0) is 47.5. The fourth-order valence-electron chi connectivity index (χ4n) is 9.05. The Hall–Kier alpha value is -1.59. The van der Waals surface area contributed by atoms with Crippen LogP contribution in [0, 0.1) is 11.8 Å². The fraction of sp³-hybridized carbons (Fsp3) is 0.949. The highest BCUT2D eigenvalue weighted by Gasteiger charge is 2.19. The van der Waals surface area contributed by atoms with Gasteiger partial charge in [0.05, 0.1) is 0 Å². The van der Waals surface area contributed by atoms with Gasteiger partial charge in [-0.2, -0.15) is 0 Å². The van der Waals surface area contributed by atoms with E-state index in [1.807, 2.05) is 0 Å². The van der Waals surface area contributed by atoms with Gasteiger partial charge in [0.2, 0.25) is 0 Å². The van der Waals surface area contributed by atoms with Crippen molar-refractivity contribution in [3.8, 4) is 0 Å². The second kappa shape index (κ2) is 51.8. The smallest absolute Gasteiger partial charge is 0.306 e. The molecule has 0 radical (unpaired) electrons. The van der Waals surface area contributed by atoms with Gasteiger partial charge in [0, 0.05) is 19.3 Å². The summed E-state index contributed by atoms with van der Waals surface area (Å²) in [5.41, 5.74) is 0. The summed E-state index contributed by atoms with van der Waals surface area (Å²) in [4.78, 5) is 38.1. The maximum Gasteiger partial charge on any atom is 0.306 e. The maximum atomic E-state index is 12.8. The SMILES string of the molecule is CCCCCCCCCCCCCCCCCC(=O)OC[C@H](COC(=O)CCCCCCCCCCCCCCCCCCC(C)C)OC(=O)CCCCCCCCCCCCC(C)C. The number of esters is 3. The summed E-state index contributed by atoms with van der Waals surface area (Å²) in [7, 11) is 0. The lowest BCUT2D eigenvalue weighted by molar-refractivity contribution is -0.167. The van der Waals surface area contributed by atoms with Crippen molar-refractivity contribution >= 4 is 17.9 Å². The third-order valence-electron chi connectivity index (χ3n) is 13.5. The molecule has 0 aromatic heterocycles. The van der Waals surface area contributed by atoms with Crippen LogP contribution in [0.25, 0.3) is 0 Å². The number of carbonyl (C=O) groups excluding carboxylic acids is 3. The van der Waals surface area contributed by atoms with Crippen LogP contribution in [-0.4, -0.2) is 37.2 Å². The Morgan fingerprint density at radius 2 is 0.508 bits per heavy atom. The molecule has 0 saturated heterocycles. The fourth-order valence-corrected chi connectivity index (χ4v) is 9.05. The van der Waals surface area contributed by atoms with E-state index in [1.54, 1.807) is 0 Å². The summed E-state index contributed by atoms with van der Waals surface area (Å²) < 4.78 is 16.9. The molecule has 6 heteroatoms. The van der Waals surface area contributed by atoms with Gasteiger partial charge in [-0.05, 0) is 31.1 Å². The number of ether oxygens (including phenoxy) is 3. The molecule has 0 aliphatic rings. The molecule has 0 unspecified atom stereocenters. The molecule has 0 aromatic carbocycles. The molecule has 0 N–H and O–H groups in total. The number of rotatable bonds is 53. The van der Waals surface area contributed by atoms with Gasteiger partial charge in [-0.3, -0.25) is 14.4 Å². The quantitative estimate of drug-likeness (QED) is 0.0344. The van der Waals surface area contributed by atoms with Gasteiger partial charge in [-0.1, -0.05) is 291 Å². The molecule has 1 atom stereocenters. The van der Waals surface area contributed by atoms with E-state index in [9.17, 15) is 14.4 Å². The van der Waals surface area contributed by atoms with Crippen molar-refractivity contribution in [2.75, 3.05) is 13.2 Å². The van der Waals surface area contributed by atoms with Gasteiger partial charge in [-0.25, -0.2) is 0 Å². The Balaban J connectivity index is 4.27. The first-order valence-electron chi connectivity index (χ1n) is 29.2. The van der Waals surface area contributed by atoms with E-state index in [-0.39, 0.29) is 31.1 Å². The van der Waals surface area contributed by atoms with Gasteiger partial charge >= 0.3 is 17.9 Å². The highest BCUT2D eigenvalue weighted by molar-refractivity contribution is 5.71. The molecule has 0 heterocycles. The zero-order valence-corrected chi connectivity index (χ0v) is 44.6. The lowest BCUT2D eigenvalue weighted by atomic mass is 10.0. The third-order valence-corrected chi connectivity index (χ3v) is 13.5. The molecule has 0 aliphatic carbocycles. The molecule has 0 aromatic rings. The predicted octanol–water partition coefficient (Wildman–Crippen LogP) is 19.3. The molecule has 0 bridgehead atoms. The van der Waals surface area contributed by atoms with Gasteiger partial charge in [0.25, 0.3) is 0 Å². The van der Waals surface area contributed by atoms with E-state index in [1.165, 1.54) is 218 Å². The average Bonchev–Trinajstić information content (AvgIpc) is 3.28. The van der Waals surface area contributed by atoms with Crippen LogP contribution in [0.15, 0.2) is 0 Å². The highest BCUT2D eigenvalue weighted by atomic mass is 16.6. The van der Waals surface area contributed by atoms with E-state index in [2.05, 4.69) is 34.6 Å². The molecular formula is C59H114O6. The molecule has 0 spiro atoms. The normalized spacial score (nSPS) is 12.0. The van der Waals surface area contributed by atoms with Crippen molar-refractivity contribution in [1.82, 2.24) is 0 Å². The summed E-state index contributed by atoms with van der Waals surface area (Å²) in [6.07, 6.45) is 55.2. The summed E-state index contributed by atoms with van der Waals surface area (Å²) >= 11 is 0. The van der Waals surface area contributed by atoms with Crippen molar-refractivity contribution in [3.05, 3.63) is 0 Å². The van der Waals surface area contributed by atoms with Crippen molar-refractivity contribution in [2.24, 2.45) is 11.8 Å². The molecular weight excluding hydrogens is 805 g/mol. The Morgan fingerprint density at radius 1 is 0.292 bits per heavy atom. The minimum Gasteiger partial charge on any atom is -0.462 e. The Kier molecular flexibility index (Phi) is 50.5. The van der Waals surface area contributed by atoms with Crippen LogP contribution in [0.5, 0.6) is 0 Å². The van der Waals surface area contributed by atoms with Crippen LogP contribution >= 0.6 is 0 Å². The van der Waals surface area contributed by atoms with Crippen molar-refractivity contribution in [3.63, 3.8) is 0 Å².